The Morgan fingerprint density at radius 3 is 2.83 bits per heavy atom. The van der Waals surface area contributed by atoms with Crippen molar-refractivity contribution in [3.63, 3.8) is 0 Å². The third-order valence-corrected chi connectivity index (χ3v) is 4.32. The zero-order valence-electron chi connectivity index (χ0n) is 13.8. The highest BCUT2D eigenvalue weighted by Gasteiger charge is 2.54. The van der Waals surface area contributed by atoms with Crippen LogP contribution in [0.2, 0.25) is 0 Å². The number of aliphatic hydroxyl groups excluding tert-OH is 1. The summed E-state index contributed by atoms with van der Waals surface area (Å²) in [4.78, 5) is 3.94. The molecule has 3 atom stereocenters. The highest BCUT2D eigenvalue weighted by atomic mass is 19.1. The summed E-state index contributed by atoms with van der Waals surface area (Å²) in [5, 5.41) is 13.9. The van der Waals surface area contributed by atoms with E-state index < -0.39 is 36.9 Å². The van der Waals surface area contributed by atoms with Gasteiger partial charge in [0.2, 0.25) is 0 Å². The third kappa shape index (κ3) is 2.53. The highest BCUT2D eigenvalue weighted by molar-refractivity contribution is 5.65. The number of alkyl halides is 1. The minimum atomic E-state index is -1.54. The number of fused-ring (bicyclic) bond motifs is 1. The quantitative estimate of drug-likeness (QED) is 0.831. The second-order valence-electron chi connectivity index (χ2n) is 6.24. The van der Waals surface area contributed by atoms with Crippen molar-refractivity contribution in [1.82, 2.24) is 14.6 Å². The molecule has 0 saturated carbocycles. The van der Waals surface area contributed by atoms with Gasteiger partial charge in [-0.15, -0.1) is 0 Å². The van der Waals surface area contributed by atoms with Crippen molar-refractivity contribution in [1.29, 1.82) is 0 Å². The van der Waals surface area contributed by atoms with Crippen LogP contribution in [0.3, 0.4) is 0 Å². The van der Waals surface area contributed by atoms with Crippen molar-refractivity contribution in [2.45, 2.75) is 37.4 Å². The molecule has 3 rings (SSSR count). The molecule has 1 fully saturated rings. The number of nitrogens with two attached hydrogens (primary N) is 1. The summed E-state index contributed by atoms with van der Waals surface area (Å²) in [7, 11) is 1.33. The fourth-order valence-electron chi connectivity index (χ4n) is 2.99. The van der Waals surface area contributed by atoms with Gasteiger partial charge in [0.25, 0.3) is 0 Å². The Labute approximate surface area is 138 Å². The molecule has 8 nitrogen and oxygen atoms in total. The summed E-state index contributed by atoms with van der Waals surface area (Å²) in [6.07, 6.45) is -0.256. The van der Waals surface area contributed by atoms with Gasteiger partial charge in [-0.25, -0.2) is 13.9 Å². The number of rotatable bonds is 5. The first-order chi connectivity index (χ1) is 11.4. The molecule has 1 saturated heterocycles. The van der Waals surface area contributed by atoms with E-state index in [1.165, 1.54) is 13.4 Å². The van der Waals surface area contributed by atoms with Gasteiger partial charge in [-0.3, -0.25) is 0 Å². The summed E-state index contributed by atoms with van der Waals surface area (Å²) in [5.74, 6) is -0.664. The van der Waals surface area contributed by atoms with Crippen molar-refractivity contribution in [2.24, 2.45) is 0 Å². The number of hydrogen-bond donors (Lipinski definition) is 2. The molecule has 132 valence electrons. The third-order valence-electron chi connectivity index (χ3n) is 4.32. The van der Waals surface area contributed by atoms with E-state index in [1.807, 2.05) is 0 Å². The zero-order valence-corrected chi connectivity index (χ0v) is 13.8. The van der Waals surface area contributed by atoms with Crippen LogP contribution in [0.25, 0.3) is 5.52 Å². The maximum Gasteiger partial charge on any atom is 0.164 e. The van der Waals surface area contributed by atoms with E-state index in [9.17, 15) is 9.50 Å². The van der Waals surface area contributed by atoms with Crippen LogP contribution in [0.1, 0.15) is 25.6 Å². The van der Waals surface area contributed by atoms with Gasteiger partial charge in [0.05, 0.1) is 12.3 Å². The lowest BCUT2D eigenvalue weighted by Gasteiger charge is -2.35. The van der Waals surface area contributed by atoms with E-state index in [-0.39, 0.29) is 0 Å². The fourth-order valence-corrected chi connectivity index (χ4v) is 2.99. The van der Waals surface area contributed by atoms with Crippen molar-refractivity contribution in [2.75, 3.05) is 26.1 Å². The number of methoxy groups -OCH3 is 1. The number of halogens is 1. The number of ether oxygens (including phenoxy) is 3. The summed E-state index contributed by atoms with van der Waals surface area (Å²) < 4.78 is 32.4. The van der Waals surface area contributed by atoms with Crippen LogP contribution < -0.4 is 5.73 Å². The molecule has 24 heavy (non-hydrogen) atoms. The average Bonchev–Trinajstić information content (AvgIpc) is 3.12. The summed E-state index contributed by atoms with van der Waals surface area (Å²) in [5.41, 5.74) is 5.52. The molecule has 3 heterocycles. The normalized spacial score (nSPS) is 25.9. The molecule has 0 aliphatic carbocycles. The largest absolute Gasteiger partial charge is 0.393 e. The second kappa shape index (κ2) is 5.92. The molecule has 1 aliphatic rings. The number of nitrogens with zero attached hydrogens (tertiary/aromatic N) is 3. The van der Waals surface area contributed by atoms with Gasteiger partial charge >= 0.3 is 0 Å². The monoisotopic (exact) mass is 340 g/mol. The van der Waals surface area contributed by atoms with Crippen LogP contribution in [0.5, 0.6) is 0 Å². The number of aromatic nitrogens is 3. The predicted molar refractivity (Wildman–Crippen MR) is 83.0 cm³/mol. The van der Waals surface area contributed by atoms with Crippen molar-refractivity contribution in [3.05, 3.63) is 24.2 Å². The molecule has 1 aliphatic heterocycles. The topological polar surface area (TPSA) is 104 Å². The Hall–Kier alpha value is -1.81. The summed E-state index contributed by atoms with van der Waals surface area (Å²) in [6, 6.07) is 3.51. The molecule has 0 unspecified atom stereocenters. The summed E-state index contributed by atoms with van der Waals surface area (Å²) in [6.45, 7) is 1.95. The van der Waals surface area contributed by atoms with E-state index in [0.29, 0.717) is 17.0 Å². The standard InChI is InChI=1S/C15H21FN4O4/c1-14(2)23-11(12(24-14)15(6-16,7-21)22-3)9-4-5-10-13(17)18-8-19-20(9)10/h4-5,8,11-12,21H,6-7H2,1-3H3,(H2,17,18,19)/t11-,12-,15+/m0/s1. The first-order valence-electron chi connectivity index (χ1n) is 7.53. The van der Waals surface area contributed by atoms with Gasteiger partial charge in [0.1, 0.15) is 36.3 Å². The van der Waals surface area contributed by atoms with Gasteiger partial charge < -0.3 is 25.1 Å². The predicted octanol–water partition coefficient (Wildman–Crippen LogP) is 0.851. The van der Waals surface area contributed by atoms with Crippen LogP contribution in [0.4, 0.5) is 10.2 Å². The van der Waals surface area contributed by atoms with Gasteiger partial charge in [-0.05, 0) is 26.0 Å². The Morgan fingerprint density at radius 1 is 1.46 bits per heavy atom. The number of nitrogen functional groups attached to an aromatic ring is 1. The smallest absolute Gasteiger partial charge is 0.164 e. The Morgan fingerprint density at radius 2 is 2.21 bits per heavy atom. The lowest BCUT2D eigenvalue weighted by Crippen LogP contribution is -2.52. The summed E-state index contributed by atoms with van der Waals surface area (Å²) >= 11 is 0. The molecular weight excluding hydrogens is 319 g/mol. The second-order valence-corrected chi connectivity index (χ2v) is 6.24. The van der Waals surface area contributed by atoms with E-state index in [0.717, 1.165) is 0 Å². The van der Waals surface area contributed by atoms with Gasteiger partial charge in [0, 0.05) is 7.11 Å². The van der Waals surface area contributed by atoms with E-state index in [4.69, 9.17) is 19.9 Å². The molecule has 0 spiro atoms. The molecule has 2 aromatic heterocycles. The lowest BCUT2D eigenvalue weighted by atomic mass is 9.93. The maximum absolute atomic E-state index is 13.7. The van der Waals surface area contributed by atoms with Crippen LogP contribution in [-0.4, -0.2) is 57.6 Å². The van der Waals surface area contributed by atoms with Gasteiger partial charge in [-0.1, -0.05) is 0 Å². The Bertz CT molecular complexity index is 723. The molecule has 0 radical (unpaired) electrons. The van der Waals surface area contributed by atoms with E-state index in [1.54, 1.807) is 30.5 Å². The molecular formula is C15H21FN4O4. The first-order valence-corrected chi connectivity index (χ1v) is 7.53. The van der Waals surface area contributed by atoms with Gasteiger partial charge in [0.15, 0.2) is 11.6 Å². The SMILES string of the molecule is CO[C@@](CO)(CF)[C@H]1OC(C)(C)O[C@H]1c1ccc2c(N)ncnn12. The molecule has 0 aromatic carbocycles. The van der Waals surface area contributed by atoms with Crippen molar-refractivity contribution in [3.8, 4) is 0 Å². The fraction of sp³-hybridized carbons (Fsp3) is 0.600. The van der Waals surface area contributed by atoms with E-state index in [2.05, 4.69) is 10.1 Å². The Kier molecular flexibility index (Phi) is 4.20. The number of anilines is 1. The molecule has 9 heteroatoms. The minimum absolute atomic E-state index is 0.316. The number of hydrogen-bond acceptors (Lipinski definition) is 7. The minimum Gasteiger partial charge on any atom is -0.393 e. The lowest BCUT2D eigenvalue weighted by molar-refractivity contribution is -0.189. The molecule has 0 amide bonds. The molecule has 0 bridgehead atoms. The van der Waals surface area contributed by atoms with Crippen LogP contribution in [0.15, 0.2) is 18.5 Å². The zero-order chi connectivity index (χ0) is 17.5. The van der Waals surface area contributed by atoms with Crippen molar-refractivity contribution >= 4 is 11.3 Å². The van der Waals surface area contributed by atoms with Crippen LogP contribution in [0, 0.1) is 0 Å². The van der Waals surface area contributed by atoms with Crippen molar-refractivity contribution < 1.29 is 23.7 Å². The number of aliphatic hydroxyl groups is 1. The molecule has 2 aromatic rings. The van der Waals surface area contributed by atoms with Crippen LogP contribution in [-0.2, 0) is 14.2 Å². The molecule has 3 N–H and O–H groups in total. The Balaban J connectivity index is 2.10. The van der Waals surface area contributed by atoms with E-state index >= 15 is 0 Å². The maximum atomic E-state index is 13.7. The average molecular weight is 340 g/mol. The van der Waals surface area contributed by atoms with Gasteiger partial charge in [-0.2, -0.15) is 5.10 Å². The van der Waals surface area contributed by atoms with Crippen LogP contribution >= 0.6 is 0 Å². The highest BCUT2D eigenvalue weighted by Crippen LogP contribution is 2.44. The first kappa shape index (κ1) is 17.0.